The van der Waals surface area contributed by atoms with Crippen LogP contribution in [-0.2, 0) is 4.74 Å². The summed E-state index contributed by atoms with van der Waals surface area (Å²) in [4.78, 5) is 12.4. The van der Waals surface area contributed by atoms with Crippen LogP contribution in [0.15, 0.2) is 35.3 Å². The maximum atomic E-state index is 5.50. The Morgan fingerprint density at radius 3 is 2.62 bits per heavy atom. The molecule has 1 N–H and O–H groups in total. The molecule has 0 aliphatic carbocycles. The summed E-state index contributed by atoms with van der Waals surface area (Å²) in [5.74, 6) is 1.08. The fourth-order valence-electron chi connectivity index (χ4n) is 4.16. The van der Waals surface area contributed by atoms with E-state index in [2.05, 4.69) is 64.2 Å². The monoisotopic (exact) mass is 515 g/mol. The molecule has 1 aromatic rings. The van der Waals surface area contributed by atoms with Gasteiger partial charge in [-0.1, -0.05) is 18.2 Å². The van der Waals surface area contributed by atoms with Crippen LogP contribution in [0.25, 0.3) is 0 Å². The minimum atomic E-state index is 0. The van der Waals surface area contributed by atoms with Crippen molar-refractivity contribution in [3.05, 3.63) is 30.3 Å². The number of anilines is 1. The van der Waals surface area contributed by atoms with Gasteiger partial charge in [0.1, 0.15) is 0 Å². The molecule has 1 unspecified atom stereocenters. The summed E-state index contributed by atoms with van der Waals surface area (Å²) in [5, 5.41) is 3.50. The average Bonchev–Trinajstić information content (AvgIpc) is 3.24. The summed E-state index contributed by atoms with van der Waals surface area (Å²) in [6.07, 6.45) is 2.29. The van der Waals surface area contributed by atoms with E-state index in [0.717, 1.165) is 78.0 Å². The van der Waals surface area contributed by atoms with Gasteiger partial charge in [0.2, 0.25) is 0 Å². The maximum Gasteiger partial charge on any atom is 0.193 e. The van der Waals surface area contributed by atoms with Gasteiger partial charge in [0.15, 0.2) is 5.96 Å². The summed E-state index contributed by atoms with van der Waals surface area (Å²) >= 11 is 0. The van der Waals surface area contributed by atoms with Gasteiger partial charge in [-0.2, -0.15) is 0 Å². The van der Waals surface area contributed by atoms with Crippen molar-refractivity contribution in [2.75, 3.05) is 70.5 Å². The van der Waals surface area contributed by atoms with Crippen LogP contribution in [0.2, 0.25) is 0 Å². The number of hydrogen-bond donors (Lipinski definition) is 1. The predicted molar refractivity (Wildman–Crippen MR) is 133 cm³/mol. The Balaban J connectivity index is 0.00000300. The third-order valence-corrected chi connectivity index (χ3v) is 5.71. The molecule has 1 atom stereocenters. The highest BCUT2D eigenvalue weighted by Gasteiger charge is 2.30. The fourth-order valence-corrected chi connectivity index (χ4v) is 4.16. The van der Waals surface area contributed by atoms with Crippen LogP contribution in [0.3, 0.4) is 0 Å². The molecule has 0 saturated carbocycles. The number of hydrogen-bond acceptors (Lipinski definition) is 4. The fraction of sp³-hybridized carbons (Fsp3) is 0.682. The van der Waals surface area contributed by atoms with E-state index in [9.17, 15) is 0 Å². The summed E-state index contributed by atoms with van der Waals surface area (Å²) in [5.41, 5.74) is 1.30. The van der Waals surface area contributed by atoms with Crippen LogP contribution in [0.5, 0.6) is 0 Å². The third kappa shape index (κ3) is 7.29. The Kier molecular flexibility index (Phi) is 11.1. The first-order chi connectivity index (χ1) is 13.8. The van der Waals surface area contributed by atoms with Gasteiger partial charge in [0.25, 0.3) is 0 Å². The van der Waals surface area contributed by atoms with Crippen LogP contribution in [0.1, 0.15) is 26.7 Å². The molecule has 2 saturated heterocycles. The normalized spacial score (nSPS) is 20.4. The van der Waals surface area contributed by atoms with Crippen LogP contribution >= 0.6 is 24.0 Å². The standard InChI is InChI=1S/C22H37N5O.HI/c1-3-23-22(27-14-11-21(19-27)26-15-17-28-18-16-26)24-12-8-13-25(4-2)20-9-6-5-7-10-20;/h5-7,9-10,21H,3-4,8,11-19H2,1-2H3,(H,23,24);1H. The molecule has 3 rings (SSSR count). The van der Waals surface area contributed by atoms with E-state index < -0.39 is 0 Å². The second-order valence-electron chi connectivity index (χ2n) is 7.54. The lowest BCUT2D eigenvalue weighted by Gasteiger charge is -2.32. The zero-order chi connectivity index (χ0) is 19.6. The van der Waals surface area contributed by atoms with E-state index in [0.29, 0.717) is 6.04 Å². The largest absolute Gasteiger partial charge is 0.379 e. The number of halogens is 1. The zero-order valence-corrected chi connectivity index (χ0v) is 20.4. The first-order valence-electron chi connectivity index (χ1n) is 11.0. The number of nitrogens with one attached hydrogen (secondary N) is 1. The second kappa shape index (κ2) is 13.3. The van der Waals surface area contributed by atoms with E-state index >= 15 is 0 Å². The van der Waals surface area contributed by atoms with Crippen molar-refractivity contribution in [2.24, 2.45) is 4.99 Å². The lowest BCUT2D eigenvalue weighted by molar-refractivity contribution is 0.0195. The number of aliphatic imine (C=N–C) groups is 1. The highest BCUT2D eigenvalue weighted by Crippen LogP contribution is 2.17. The van der Waals surface area contributed by atoms with Gasteiger partial charge >= 0.3 is 0 Å². The molecular weight excluding hydrogens is 477 g/mol. The summed E-state index contributed by atoms with van der Waals surface area (Å²) < 4.78 is 5.50. The van der Waals surface area contributed by atoms with Gasteiger partial charge in [0.05, 0.1) is 13.2 Å². The lowest BCUT2D eigenvalue weighted by atomic mass is 10.2. The Hall–Kier alpha value is -1.06. The van der Waals surface area contributed by atoms with Crippen molar-refractivity contribution >= 4 is 35.6 Å². The lowest BCUT2D eigenvalue weighted by Crippen LogP contribution is -2.46. The summed E-state index contributed by atoms with van der Waals surface area (Å²) in [7, 11) is 0. The van der Waals surface area contributed by atoms with Crippen molar-refractivity contribution in [3.8, 4) is 0 Å². The van der Waals surface area contributed by atoms with Gasteiger partial charge < -0.3 is 19.9 Å². The first-order valence-corrected chi connectivity index (χ1v) is 11.0. The molecular formula is C22H38IN5O. The maximum absolute atomic E-state index is 5.50. The molecule has 0 spiro atoms. The molecule has 2 aliphatic rings. The van der Waals surface area contributed by atoms with Crippen molar-refractivity contribution < 1.29 is 4.74 Å². The molecule has 2 aliphatic heterocycles. The number of nitrogens with zero attached hydrogens (tertiary/aromatic N) is 4. The molecule has 29 heavy (non-hydrogen) atoms. The molecule has 0 radical (unpaired) electrons. The highest BCUT2D eigenvalue weighted by atomic mass is 127. The Labute approximate surface area is 193 Å². The van der Waals surface area contributed by atoms with Crippen molar-refractivity contribution in [2.45, 2.75) is 32.7 Å². The highest BCUT2D eigenvalue weighted by molar-refractivity contribution is 14.0. The molecule has 6 nitrogen and oxygen atoms in total. The average molecular weight is 515 g/mol. The van der Waals surface area contributed by atoms with E-state index in [1.54, 1.807) is 0 Å². The molecule has 7 heteroatoms. The molecule has 0 aromatic heterocycles. The van der Waals surface area contributed by atoms with Crippen molar-refractivity contribution in [1.29, 1.82) is 0 Å². The van der Waals surface area contributed by atoms with Crippen LogP contribution in [-0.4, -0.2) is 87.4 Å². The Morgan fingerprint density at radius 2 is 1.93 bits per heavy atom. The van der Waals surface area contributed by atoms with Gasteiger partial charge in [0, 0.05) is 64.1 Å². The topological polar surface area (TPSA) is 43.3 Å². The van der Waals surface area contributed by atoms with E-state index in [4.69, 9.17) is 9.73 Å². The molecule has 0 bridgehead atoms. The molecule has 2 heterocycles. The van der Waals surface area contributed by atoms with Gasteiger partial charge in [-0.05, 0) is 38.8 Å². The third-order valence-electron chi connectivity index (χ3n) is 5.71. The molecule has 164 valence electrons. The number of ether oxygens (including phenoxy) is 1. The van der Waals surface area contributed by atoms with E-state index in [1.807, 2.05) is 0 Å². The zero-order valence-electron chi connectivity index (χ0n) is 18.1. The number of likely N-dealkylation sites (tertiary alicyclic amines) is 1. The van der Waals surface area contributed by atoms with Gasteiger partial charge in [-0.15, -0.1) is 24.0 Å². The number of benzene rings is 1. The molecule has 2 fully saturated rings. The SMILES string of the molecule is CCNC(=NCCCN(CC)c1ccccc1)N1CCC(N2CCOCC2)C1.I. The summed E-state index contributed by atoms with van der Waals surface area (Å²) in [6.45, 7) is 14.3. The number of morpholine rings is 1. The van der Waals surface area contributed by atoms with Crippen LogP contribution in [0, 0.1) is 0 Å². The van der Waals surface area contributed by atoms with Crippen LogP contribution in [0.4, 0.5) is 5.69 Å². The minimum Gasteiger partial charge on any atom is -0.379 e. The van der Waals surface area contributed by atoms with Crippen molar-refractivity contribution in [3.63, 3.8) is 0 Å². The molecule has 1 aromatic carbocycles. The number of para-hydroxylation sites is 1. The smallest absolute Gasteiger partial charge is 0.193 e. The second-order valence-corrected chi connectivity index (χ2v) is 7.54. The minimum absolute atomic E-state index is 0. The van der Waals surface area contributed by atoms with E-state index in [1.165, 1.54) is 12.1 Å². The first kappa shape index (κ1) is 24.2. The Bertz CT molecular complexity index is 594. The van der Waals surface area contributed by atoms with E-state index in [-0.39, 0.29) is 24.0 Å². The Morgan fingerprint density at radius 1 is 1.17 bits per heavy atom. The summed E-state index contributed by atoms with van der Waals surface area (Å²) in [6, 6.07) is 11.3. The molecule has 0 amide bonds. The van der Waals surface area contributed by atoms with Gasteiger partial charge in [-0.25, -0.2) is 0 Å². The number of guanidine groups is 1. The van der Waals surface area contributed by atoms with Gasteiger partial charge in [-0.3, -0.25) is 9.89 Å². The predicted octanol–water partition coefficient (Wildman–Crippen LogP) is 2.89. The number of rotatable bonds is 8. The quantitative estimate of drug-likeness (QED) is 0.250. The van der Waals surface area contributed by atoms with Crippen molar-refractivity contribution in [1.82, 2.24) is 15.1 Å². The van der Waals surface area contributed by atoms with Crippen LogP contribution < -0.4 is 10.2 Å².